The van der Waals surface area contributed by atoms with Crippen LogP contribution in [0.5, 0.6) is 0 Å². The van der Waals surface area contributed by atoms with Crippen molar-refractivity contribution in [2.24, 2.45) is 0 Å². The first-order chi connectivity index (χ1) is 7.68. The zero-order valence-corrected chi connectivity index (χ0v) is 10.6. The van der Waals surface area contributed by atoms with Gasteiger partial charge in [0, 0.05) is 13.0 Å². The number of carbonyl (C=O) groups excluding carboxylic acids is 1. The van der Waals surface area contributed by atoms with Crippen LogP contribution in [-0.4, -0.2) is 18.5 Å². The van der Waals surface area contributed by atoms with Crippen LogP contribution in [0.25, 0.3) is 0 Å². The first kappa shape index (κ1) is 13.4. The molecule has 0 fully saturated rings. The SMILES string of the molecule is CC(=O)CCCCCO[C@@H]1CCC=C(C)C1. The first-order valence-electron chi connectivity index (χ1n) is 6.45. The molecular weight excluding hydrogens is 200 g/mol. The topological polar surface area (TPSA) is 26.3 Å². The van der Waals surface area contributed by atoms with Gasteiger partial charge in [-0.1, -0.05) is 18.1 Å². The summed E-state index contributed by atoms with van der Waals surface area (Å²) in [7, 11) is 0. The number of ether oxygens (including phenoxy) is 1. The molecule has 0 bridgehead atoms. The highest BCUT2D eigenvalue weighted by Crippen LogP contribution is 2.20. The van der Waals surface area contributed by atoms with E-state index in [1.165, 1.54) is 18.4 Å². The Kier molecular flexibility index (Phi) is 6.39. The van der Waals surface area contributed by atoms with Crippen molar-refractivity contribution in [1.82, 2.24) is 0 Å². The fourth-order valence-corrected chi connectivity index (χ4v) is 2.11. The molecule has 2 nitrogen and oxygen atoms in total. The maximum Gasteiger partial charge on any atom is 0.129 e. The summed E-state index contributed by atoms with van der Waals surface area (Å²) < 4.78 is 5.83. The van der Waals surface area contributed by atoms with Crippen LogP contribution in [0.15, 0.2) is 11.6 Å². The first-order valence-corrected chi connectivity index (χ1v) is 6.45. The van der Waals surface area contributed by atoms with Crippen molar-refractivity contribution in [1.29, 1.82) is 0 Å². The fraction of sp³-hybridized carbons (Fsp3) is 0.786. The summed E-state index contributed by atoms with van der Waals surface area (Å²) in [6, 6.07) is 0. The number of allylic oxidation sites excluding steroid dienone is 1. The van der Waals surface area contributed by atoms with Crippen LogP contribution in [0, 0.1) is 0 Å². The van der Waals surface area contributed by atoms with Crippen LogP contribution in [0.3, 0.4) is 0 Å². The quantitative estimate of drug-likeness (QED) is 0.487. The number of carbonyl (C=O) groups is 1. The van der Waals surface area contributed by atoms with E-state index in [0.717, 1.165) is 38.7 Å². The number of rotatable bonds is 7. The van der Waals surface area contributed by atoms with Crippen LogP contribution in [0.1, 0.15) is 58.8 Å². The second kappa shape index (κ2) is 7.61. The normalized spacial score (nSPS) is 20.6. The number of hydrogen-bond donors (Lipinski definition) is 0. The summed E-state index contributed by atoms with van der Waals surface area (Å²) in [5, 5.41) is 0. The molecule has 16 heavy (non-hydrogen) atoms. The minimum absolute atomic E-state index is 0.300. The van der Waals surface area contributed by atoms with Crippen LogP contribution in [0.4, 0.5) is 0 Å². The van der Waals surface area contributed by atoms with Gasteiger partial charge in [-0.25, -0.2) is 0 Å². The van der Waals surface area contributed by atoms with Crippen molar-refractivity contribution in [3.05, 3.63) is 11.6 Å². The lowest BCUT2D eigenvalue weighted by atomic mass is 9.98. The van der Waals surface area contributed by atoms with E-state index in [2.05, 4.69) is 13.0 Å². The van der Waals surface area contributed by atoms with E-state index in [0.29, 0.717) is 11.9 Å². The third-order valence-electron chi connectivity index (χ3n) is 3.06. The van der Waals surface area contributed by atoms with Crippen LogP contribution in [-0.2, 0) is 9.53 Å². The van der Waals surface area contributed by atoms with Gasteiger partial charge in [-0.05, 0) is 46.0 Å². The highest BCUT2D eigenvalue weighted by Gasteiger charge is 2.12. The van der Waals surface area contributed by atoms with Crippen molar-refractivity contribution in [2.75, 3.05) is 6.61 Å². The second-order valence-corrected chi connectivity index (χ2v) is 4.84. The van der Waals surface area contributed by atoms with Gasteiger partial charge in [-0.2, -0.15) is 0 Å². The molecule has 1 aliphatic rings. The third kappa shape index (κ3) is 6.06. The van der Waals surface area contributed by atoms with Gasteiger partial charge < -0.3 is 9.53 Å². The summed E-state index contributed by atoms with van der Waals surface area (Å²) in [4.78, 5) is 10.7. The van der Waals surface area contributed by atoms with E-state index in [4.69, 9.17) is 4.74 Å². The Morgan fingerprint density at radius 2 is 2.25 bits per heavy atom. The van der Waals surface area contributed by atoms with Crippen LogP contribution < -0.4 is 0 Å². The maximum atomic E-state index is 10.7. The Balaban J connectivity index is 1.95. The van der Waals surface area contributed by atoms with Gasteiger partial charge in [0.25, 0.3) is 0 Å². The Morgan fingerprint density at radius 3 is 2.94 bits per heavy atom. The van der Waals surface area contributed by atoms with E-state index in [1.54, 1.807) is 6.92 Å². The molecule has 2 heteroatoms. The zero-order chi connectivity index (χ0) is 11.8. The Morgan fingerprint density at radius 1 is 1.44 bits per heavy atom. The number of ketones is 1. The molecule has 0 saturated carbocycles. The van der Waals surface area contributed by atoms with Crippen molar-refractivity contribution >= 4 is 5.78 Å². The fourth-order valence-electron chi connectivity index (χ4n) is 2.11. The number of unbranched alkanes of at least 4 members (excludes halogenated alkanes) is 2. The van der Waals surface area contributed by atoms with Crippen molar-refractivity contribution in [3.63, 3.8) is 0 Å². The highest BCUT2D eigenvalue weighted by atomic mass is 16.5. The van der Waals surface area contributed by atoms with Crippen molar-refractivity contribution in [2.45, 2.75) is 64.9 Å². The molecule has 0 saturated heterocycles. The standard InChI is InChI=1S/C14H24O2/c1-12-7-6-9-14(11-12)16-10-5-3-4-8-13(2)15/h7,14H,3-6,8-11H2,1-2H3/t14-/m1/s1. The molecule has 0 N–H and O–H groups in total. The van der Waals surface area contributed by atoms with Crippen LogP contribution in [0.2, 0.25) is 0 Å². The summed E-state index contributed by atoms with van der Waals surface area (Å²) in [6.45, 7) is 4.70. The Hall–Kier alpha value is -0.630. The van der Waals surface area contributed by atoms with Gasteiger partial charge in [0.2, 0.25) is 0 Å². The number of Topliss-reactive ketones (excluding diaryl/α,β-unsaturated/α-hetero) is 1. The number of hydrogen-bond acceptors (Lipinski definition) is 2. The molecule has 1 aliphatic carbocycles. The molecule has 0 spiro atoms. The molecule has 1 rings (SSSR count). The summed E-state index contributed by atoms with van der Waals surface area (Å²) >= 11 is 0. The molecule has 0 radical (unpaired) electrons. The molecule has 0 aromatic rings. The van der Waals surface area contributed by atoms with Crippen LogP contribution >= 0.6 is 0 Å². The second-order valence-electron chi connectivity index (χ2n) is 4.84. The van der Waals surface area contributed by atoms with Crippen molar-refractivity contribution in [3.8, 4) is 0 Å². The molecule has 0 aromatic heterocycles. The van der Waals surface area contributed by atoms with Gasteiger partial charge in [-0.15, -0.1) is 0 Å². The van der Waals surface area contributed by atoms with Crippen molar-refractivity contribution < 1.29 is 9.53 Å². The maximum absolute atomic E-state index is 10.7. The van der Waals surface area contributed by atoms with Gasteiger partial charge in [0.05, 0.1) is 6.10 Å². The lowest BCUT2D eigenvalue weighted by molar-refractivity contribution is -0.117. The average Bonchev–Trinajstić information content (AvgIpc) is 2.23. The molecule has 0 amide bonds. The minimum Gasteiger partial charge on any atom is -0.378 e. The smallest absolute Gasteiger partial charge is 0.129 e. The van der Waals surface area contributed by atoms with E-state index in [1.807, 2.05) is 0 Å². The van der Waals surface area contributed by atoms with E-state index < -0.39 is 0 Å². The van der Waals surface area contributed by atoms with Gasteiger partial charge in [0.1, 0.15) is 5.78 Å². The Bertz CT molecular complexity index is 243. The lowest BCUT2D eigenvalue weighted by Gasteiger charge is -2.21. The molecule has 1 atom stereocenters. The average molecular weight is 224 g/mol. The lowest BCUT2D eigenvalue weighted by Crippen LogP contribution is -2.16. The summed E-state index contributed by atoms with van der Waals surface area (Å²) in [5.74, 6) is 0.300. The van der Waals surface area contributed by atoms with Gasteiger partial charge in [0.15, 0.2) is 0 Å². The van der Waals surface area contributed by atoms with E-state index in [-0.39, 0.29) is 0 Å². The predicted octanol–water partition coefficient (Wildman–Crippen LogP) is 3.65. The highest BCUT2D eigenvalue weighted by molar-refractivity contribution is 5.75. The summed E-state index contributed by atoms with van der Waals surface area (Å²) in [5.41, 5.74) is 1.47. The molecule has 0 unspecified atom stereocenters. The molecule has 0 aliphatic heterocycles. The molecular formula is C14H24O2. The largest absolute Gasteiger partial charge is 0.378 e. The van der Waals surface area contributed by atoms with Gasteiger partial charge >= 0.3 is 0 Å². The van der Waals surface area contributed by atoms with Gasteiger partial charge in [-0.3, -0.25) is 0 Å². The Labute approximate surface area is 99.1 Å². The minimum atomic E-state index is 0.300. The molecule has 0 aromatic carbocycles. The summed E-state index contributed by atoms with van der Waals surface area (Å²) in [6.07, 6.45) is 10.1. The van der Waals surface area contributed by atoms with E-state index >= 15 is 0 Å². The molecule has 0 heterocycles. The predicted molar refractivity (Wildman–Crippen MR) is 66.5 cm³/mol. The third-order valence-corrected chi connectivity index (χ3v) is 3.06. The zero-order valence-electron chi connectivity index (χ0n) is 10.6. The molecule has 92 valence electrons. The monoisotopic (exact) mass is 224 g/mol. The van der Waals surface area contributed by atoms with E-state index in [9.17, 15) is 4.79 Å².